The van der Waals surface area contributed by atoms with E-state index in [0.29, 0.717) is 5.56 Å². The van der Waals surface area contributed by atoms with Gasteiger partial charge in [0.05, 0.1) is 0 Å². The minimum Gasteiger partial charge on any atom is -0.388 e. The Morgan fingerprint density at radius 3 is 2.73 bits per heavy atom. The van der Waals surface area contributed by atoms with Crippen LogP contribution >= 0.6 is 0 Å². The summed E-state index contributed by atoms with van der Waals surface area (Å²) < 4.78 is 0. The van der Waals surface area contributed by atoms with Crippen LogP contribution in [0.5, 0.6) is 0 Å². The van der Waals surface area contributed by atoms with Crippen LogP contribution in [0.1, 0.15) is 10.4 Å². The zero-order valence-electron chi connectivity index (χ0n) is 9.32. The number of hydrogen-bond acceptors (Lipinski definition) is 3. The smallest absolute Gasteiger partial charge is 0.187 e. The molecule has 0 atom stereocenters. The van der Waals surface area contributed by atoms with E-state index in [9.17, 15) is 4.79 Å². The van der Waals surface area contributed by atoms with Crippen LogP contribution in [0, 0.1) is 0 Å². The average Bonchev–Trinajstić information content (AvgIpc) is 2.26. The first-order chi connectivity index (χ1) is 7.13. The molecule has 1 rings (SSSR count). The molecule has 15 heavy (non-hydrogen) atoms. The molecule has 0 heterocycles. The first-order valence-corrected chi connectivity index (χ1v) is 4.80. The van der Waals surface area contributed by atoms with Crippen molar-refractivity contribution in [3.05, 3.63) is 42.1 Å². The highest BCUT2D eigenvalue weighted by molar-refractivity contribution is 6.04. The fourth-order valence-corrected chi connectivity index (χ4v) is 1.14. The number of carbonyl (C=O) groups excluding carboxylic acids is 1. The van der Waals surface area contributed by atoms with Crippen LogP contribution in [0.25, 0.3) is 0 Å². The lowest BCUT2D eigenvalue weighted by molar-refractivity contribution is 0.104. The summed E-state index contributed by atoms with van der Waals surface area (Å²) in [5, 5.41) is 3.00. The average molecular weight is 204 g/mol. The Morgan fingerprint density at radius 2 is 2.13 bits per heavy atom. The maximum absolute atomic E-state index is 11.7. The van der Waals surface area contributed by atoms with E-state index in [0.717, 1.165) is 5.69 Å². The zero-order valence-corrected chi connectivity index (χ0v) is 9.32. The number of rotatable bonds is 4. The van der Waals surface area contributed by atoms with E-state index in [1.165, 1.54) is 0 Å². The lowest BCUT2D eigenvalue weighted by atomic mass is 10.1. The predicted octanol–water partition coefficient (Wildman–Crippen LogP) is 1.99. The van der Waals surface area contributed by atoms with E-state index in [4.69, 9.17) is 0 Å². The number of carbonyl (C=O) groups is 1. The molecule has 0 spiro atoms. The molecule has 0 amide bonds. The third-order valence-corrected chi connectivity index (χ3v) is 1.96. The molecule has 1 aromatic rings. The third-order valence-electron chi connectivity index (χ3n) is 1.96. The summed E-state index contributed by atoms with van der Waals surface area (Å²) in [6.45, 7) is 0. The predicted molar refractivity (Wildman–Crippen MR) is 63.1 cm³/mol. The molecule has 80 valence electrons. The largest absolute Gasteiger partial charge is 0.388 e. The molecule has 0 aliphatic heterocycles. The summed E-state index contributed by atoms with van der Waals surface area (Å²) in [5.74, 6) is 0.0146. The standard InChI is InChI=1S/C12H16N2O/c1-13-11-6-4-5-10(9-11)12(15)7-8-14(2)3/h4-9,13H,1-3H3. The first-order valence-electron chi connectivity index (χ1n) is 4.80. The Kier molecular flexibility index (Phi) is 3.92. The van der Waals surface area contributed by atoms with E-state index in [1.54, 1.807) is 12.3 Å². The topological polar surface area (TPSA) is 32.3 Å². The van der Waals surface area contributed by atoms with E-state index in [-0.39, 0.29) is 5.78 Å². The van der Waals surface area contributed by atoms with Crippen LogP contribution in [0.2, 0.25) is 0 Å². The molecule has 0 unspecified atom stereocenters. The third kappa shape index (κ3) is 3.46. The first kappa shape index (κ1) is 11.3. The van der Waals surface area contributed by atoms with E-state index < -0.39 is 0 Å². The molecule has 0 bridgehead atoms. The minimum absolute atomic E-state index is 0.0146. The Bertz CT molecular complexity index is 370. The van der Waals surface area contributed by atoms with Crippen molar-refractivity contribution in [1.82, 2.24) is 4.90 Å². The molecule has 1 aromatic carbocycles. The van der Waals surface area contributed by atoms with Gasteiger partial charge in [-0.15, -0.1) is 0 Å². The molecule has 0 aliphatic carbocycles. The van der Waals surface area contributed by atoms with Gasteiger partial charge in [0.2, 0.25) is 0 Å². The van der Waals surface area contributed by atoms with Crippen molar-refractivity contribution in [2.75, 3.05) is 26.5 Å². The van der Waals surface area contributed by atoms with Gasteiger partial charge in [-0.25, -0.2) is 0 Å². The molecule has 3 nitrogen and oxygen atoms in total. The van der Waals surface area contributed by atoms with Gasteiger partial charge in [0.25, 0.3) is 0 Å². The Hall–Kier alpha value is -1.77. The van der Waals surface area contributed by atoms with Crippen LogP contribution in [-0.2, 0) is 0 Å². The Labute approximate surface area is 90.4 Å². The second-order valence-corrected chi connectivity index (χ2v) is 3.47. The molecule has 1 N–H and O–H groups in total. The van der Waals surface area contributed by atoms with Gasteiger partial charge in [0.1, 0.15) is 0 Å². The molecule has 0 saturated heterocycles. The molecule has 3 heteroatoms. The fraction of sp³-hybridized carbons (Fsp3) is 0.250. The van der Waals surface area contributed by atoms with Gasteiger partial charge >= 0.3 is 0 Å². The van der Waals surface area contributed by atoms with Crippen molar-refractivity contribution in [1.29, 1.82) is 0 Å². The maximum atomic E-state index is 11.7. The zero-order chi connectivity index (χ0) is 11.3. The van der Waals surface area contributed by atoms with E-state index >= 15 is 0 Å². The number of nitrogens with zero attached hydrogens (tertiary/aromatic N) is 1. The number of nitrogens with one attached hydrogen (secondary N) is 1. The van der Waals surface area contributed by atoms with Crippen LogP contribution in [-0.4, -0.2) is 31.8 Å². The van der Waals surface area contributed by atoms with Crippen LogP contribution in [0.15, 0.2) is 36.5 Å². The number of allylic oxidation sites excluding steroid dienone is 1. The molecule has 0 aliphatic rings. The van der Waals surface area contributed by atoms with Gasteiger partial charge in [-0.1, -0.05) is 12.1 Å². The van der Waals surface area contributed by atoms with Gasteiger partial charge in [-0.2, -0.15) is 0 Å². The summed E-state index contributed by atoms with van der Waals surface area (Å²) in [7, 11) is 5.60. The SMILES string of the molecule is CNc1cccc(C(=O)C=CN(C)C)c1. The number of anilines is 1. The lowest BCUT2D eigenvalue weighted by Gasteiger charge is -2.04. The maximum Gasteiger partial charge on any atom is 0.187 e. The fourth-order valence-electron chi connectivity index (χ4n) is 1.14. The number of ketones is 1. The monoisotopic (exact) mass is 204 g/mol. The molecule has 0 fully saturated rings. The van der Waals surface area contributed by atoms with Crippen molar-refractivity contribution in [2.24, 2.45) is 0 Å². The lowest BCUT2D eigenvalue weighted by Crippen LogP contribution is -2.03. The highest BCUT2D eigenvalue weighted by Crippen LogP contribution is 2.10. The van der Waals surface area contributed by atoms with Crippen LogP contribution in [0.4, 0.5) is 5.69 Å². The summed E-state index contributed by atoms with van der Waals surface area (Å²) in [4.78, 5) is 13.5. The van der Waals surface area contributed by atoms with Gasteiger partial charge in [-0.05, 0) is 12.1 Å². The minimum atomic E-state index is 0.0146. The summed E-state index contributed by atoms with van der Waals surface area (Å²) in [6.07, 6.45) is 3.31. The van der Waals surface area contributed by atoms with E-state index in [2.05, 4.69) is 5.32 Å². The highest BCUT2D eigenvalue weighted by Gasteiger charge is 2.01. The highest BCUT2D eigenvalue weighted by atomic mass is 16.1. The Balaban J connectivity index is 2.82. The van der Waals surface area contributed by atoms with Crippen LogP contribution in [0.3, 0.4) is 0 Å². The molecule has 0 aromatic heterocycles. The number of benzene rings is 1. The molecular formula is C12H16N2O. The van der Waals surface area contributed by atoms with Crippen molar-refractivity contribution in [2.45, 2.75) is 0 Å². The van der Waals surface area contributed by atoms with Gasteiger partial charge in [0.15, 0.2) is 5.78 Å². The second kappa shape index (κ2) is 5.20. The van der Waals surface area contributed by atoms with Gasteiger partial charge in [0, 0.05) is 44.7 Å². The van der Waals surface area contributed by atoms with Gasteiger partial charge < -0.3 is 10.2 Å². The van der Waals surface area contributed by atoms with E-state index in [1.807, 2.05) is 50.3 Å². The summed E-state index contributed by atoms with van der Waals surface area (Å²) in [5.41, 5.74) is 1.64. The van der Waals surface area contributed by atoms with Crippen molar-refractivity contribution in [3.63, 3.8) is 0 Å². The quantitative estimate of drug-likeness (QED) is 0.601. The molecular weight excluding hydrogens is 188 g/mol. The molecule has 0 saturated carbocycles. The van der Waals surface area contributed by atoms with Crippen molar-refractivity contribution < 1.29 is 4.79 Å². The van der Waals surface area contributed by atoms with Crippen molar-refractivity contribution >= 4 is 11.5 Å². The van der Waals surface area contributed by atoms with Crippen LogP contribution < -0.4 is 5.32 Å². The second-order valence-electron chi connectivity index (χ2n) is 3.47. The number of hydrogen-bond donors (Lipinski definition) is 1. The van der Waals surface area contributed by atoms with Crippen molar-refractivity contribution in [3.8, 4) is 0 Å². The molecule has 0 radical (unpaired) electrons. The Morgan fingerprint density at radius 1 is 1.40 bits per heavy atom. The van der Waals surface area contributed by atoms with Gasteiger partial charge in [-0.3, -0.25) is 4.79 Å². The normalized spacial score (nSPS) is 10.3. The summed E-state index contributed by atoms with van der Waals surface area (Å²) >= 11 is 0. The summed E-state index contributed by atoms with van der Waals surface area (Å²) in [6, 6.07) is 7.43.